The lowest BCUT2D eigenvalue weighted by molar-refractivity contribution is -0.105. The van der Waals surface area contributed by atoms with E-state index >= 15 is 0 Å². The highest BCUT2D eigenvalue weighted by Gasteiger charge is 2.04. The van der Waals surface area contributed by atoms with Gasteiger partial charge in [-0.3, -0.25) is 10.1 Å². The predicted octanol–water partition coefficient (Wildman–Crippen LogP) is 1.91. The Morgan fingerprint density at radius 2 is 2.07 bits per heavy atom. The highest BCUT2D eigenvalue weighted by Crippen LogP contribution is 2.20. The quantitative estimate of drug-likeness (QED) is 0.748. The normalized spacial score (nSPS) is 9.71. The van der Waals surface area contributed by atoms with Crippen molar-refractivity contribution in [3.63, 3.8) is 0 Å². The standard InChI is InChI=1S/C10H8N2O2/c13-7-11-10-6-9(12-14-10)8-4-2-1-3-5-8/h1-7H,(H,11,13). The van der Waals surface area contributed by atoms with Crippen LogP contribution in [0.1, 0.15) is 0 Å². The molecular weight excluding hydrogens is 180 g/mol. The maximum Gasteiger partial charge on any atom is 0.231 e. The second-order valence-corrected chi connectivity index (χ2v) is 2.70. The lowest BCUT2D eigenvalue weighted by Crippen LogP contribution is -1.89. The van der Waals surface area contributed by atoms with E-state index in [1.165, 1.54) is 0 Å². The third kappa shape index (κ3) is 1.64. The van der Waals surface area contributed by atoms with Gasteiger partial charge in [-0.25, -0.2) is 0 Å². The van der Waals surface area contributed by atoms with Gasteiger partial charge in [0.2, 0.25) is 12.3 Å². The van der Waals surface area contributed by atoms with Crippen molar-refractivity contribution in [2.24, 2.45) is 0 Å². The van der Waals surface area contributed by atoms with Crippen LogP contribution in [0.4, 0.5) is 5.88 Å². The lowest BCUT2D eigenvalue weighted by Gasteiger charge is -1.91. The summed E-state index contributed by atoms with van der Waals surface area (Å²) in [5.41, 5.74) is 1.66. The molecule has 0 saturated carbocycles. The number of hydrogen-bond donors (Lipinski definition) is 1. The summed E-state index contributed by atoms with van der Waals surface area (Å²) in [5.74, 6) is 0.346. The highest BCUT2D eigenvalue weighted by molar-refractivity contribution is 5.71. The summed E-state index contributed by atoms with van der Waals surface area (Å²) in [7, 11) is 0. The molecule has 0 spiro atoms. The van der Waals surface area contributed by atoms with E-state index in [1.807, 2.05) is 30.3 Å². The first kappa shape index (κ1) is 8.50. The Morgan fingerprint density at radius 1 is 1.29 bits per heavy atom. The Balaban J connectivity index is 2.29. The third-order valence-electron chi connectivity index (χ3n) is 1.78. The minimum atomic E-state index is 0.346. The topological polar surface area (TPSA) is 55.1 Å². The van der Waals surface area contributed by atoms with E-state index in [0.717, 1.165) is 5.56 Å². The second kappa shape index (κ2) is 3.74. The van der Waals surface area contributed by atoms with Crippen LogP contribution in [0, 0.1) is 0 Å². The molecule has 2 aromatic rings. The fraction of sp³-hybridized carbons (Fsp3) is 0. The SMILES string of the molecule is O=CNc1cc(-c2ccccc2)no1. The minimum absolute atomic E-state index is 0.346. The number of rotatable bonds is 3. The molecule has 14 heavy (non-hydrogen) atoms. The molecule has 0 aliphatic heterocycles. The van der Waals surface area contributed by atoms with Crippen LogP contribution in [0.25, 0.3) is 11.3 Å². The molecule has 0 unspecified atom stereocenters. The summed E-state index contributed by atoms with van der Waals surface area (Å²) >= 11 is 0. The fourth-order valence-corrected chi connectivity index (χ4v) is 1.15. The first-order valence-corrected chi connectivity index (χ1v) is 4.12. The molecule has 0 atom stereocenters. The van der Waals surface area contributed by atoms with E-state index in [-0.39, 0.29) is 0 Å². The van der Waals surface area contributed by atoms with Crippen molar-refractivity contribution in [1.82, 2.24) is 5.16 Å². The zero-order chi connectivity index (χ0) is 9.80. The molecule has 1 heterocycles. The van der Waals surface area contributed by atoms with Gasteiger partial charge in [0.1, 0.15) is 5.69 Å². The summed E-state index contributed by atoms with van der Waals surface area (Å²) in [5, 5.41) is 6.20. The molecule has 1 aromatic heterocycles. The van der Waals surface area contributed by atoms with E-state index in [2.05, 4.69) is 10.5 Å². The molecule has 4 nitrogen and oxygen atoms in total. The van der Waals surface area contributed by atoms with Crippen molar-refractivity contribution < 1.29 is 9.32 Å². The van der Waals surface area contributed by atoms with Gasteiger partial charge in [0, 0.05) is 11.6 Å². The van der Waals surface area contributed by atoms with Gasteiger partial charge >= 0.3 is 0 Å². The van der Waals surface area contributed by atoms with Gasteiger partial charge in [0.25, 0.3) is 0 Å². The van der Waals surface area contributed by atoms with Crippen LogP contribution in [0.2, 0.25) is 0 Å². The first-order chi connectivity index (χ1) is 6.90. The van der Waals surface area contributed by atoms with Crippen molar-refractivity contribution in [2.45, 2.75) is 0 Å². The van der Waals surface area contributed by atoms with E-state index in [9.17, 15) is 4.79 Å². The molecule has 4 heteroatoms. The molecule has 1 aromatic carbocycles. The summed E-state index contributed by atoms with van der Waals surface area (Å²) < 4.78 is 4.87. The molecule has 1 N–H and O–H groups in total. The van der Waals surface area contributed by atoms with Gasteiger partial charge in [0.15, 0.2) is 0 Å². The van der Waals surface area contributed by atoms with Crippen molar-refractivity contribution in [1.29, 1.82) is 0 Å². The lowest BCUT2D eigenvalue weighted by atomic mass is 10.2. The Morgan fingerprint density at radius 3 is 2.79 bits per heavy atom. The average molecular weight is 188 g/mol. The zero-order valence-corrected chi connectivity index (χ0v) is 7.31. The van der Waals surface area contributed by atoms with E-state index in [4.69, 9.17) is 4.52 Å². The monoisotopic (exact) mass is 188 g/mol. The Labute approximate surface area is 80.5 Å². The molecule has 1 amide bonds. The van der Waals surface area contributed by atoms with Crippen molar-refractivity contribution in [3.05, 3.63) is 36.4 Å². The number of aromatic nitrogens is 1. The van der Waals surface area contributed by atoms with Crippen LogP contribution < -0.4 is 5.32 Å². The summed E-state index contributed by atoms with van der Waals surface area (Å²) in [4.78, 5) is 10.1. The van der Waals surface area contributed by atoms with Gasteiger partial charge in [0.05, 0.1) is 0 Å². The molecule has 0 aliphatic carbocycles. The van der Waals surface area contributed by atoms with Crippen LogP contribution in [-0.4, -0.2) is 11.6 Å². The predicted molar refractivity (Wildman–Crippen MR) is 51.6 cm³/mol. The molecule has 0 radical (unpaired) electrons. The molecule has 0 fully saturated rings. The maximum absolute atomic E-state index is 10.1. The molecule has 70 valence electrons. The summed E-state index contributed by atoms with van der Waals surface area (Å²) in [6.45, 7) is 0. The Kier molecular flexibility index (Phi) is 2.27. The summed E-state index contributed by atoms with van der Waals surface area (Å²) in [6, 6.07) is 11.3. The van der Waals surface area contributed by atoms with Gasteiger partial charge < -0.3 is 4.52 Å². The maximum atomic E-state index is 10.1. The number of carbonyl (C=O) groups is 1. The van der Waals surface area contributed by atoms with Gasteiger partial charge in [-0.2, -0.15) is 0 Å². The second-order valence-electron chi connectivity index (χ2n) is 2.70. The van der Waals surface area contributed by atoms with E-state index in [1.54, 1.807) is 6.07 Å². The first-order valence-electron chi connectivity index (χ1n) is 4.12. The Hall–Kier alpha value is -2.10. The van der Waals surface area contributed by atoms with E-state index < -0.39 is 0 Å². The average Bonchev–Trinajstić information content (AvgIpc) is 2.68. The largest absolute Gasteiger partial charge is 0.338 e. The smallest absolute Gasteiger partial charge is 0.231 e. The fourth-order valence-electron chi connectivity index (χ4n) is 1.15. The Bertz CT molecular complexity index is 423. The summed E-state index contributed by atoms with van der Waals surface area (Å²) in [6.07, 6.45) is 0.551. The molecule has 2 rings (SSSR count). The highest BCUT2D eigenvalue weighted by atomic mass is 16.5. The molecule has 0 saturated heterocycles. The molecular formula is C10H8N2O2. The minimum Gasteiger partial charge on any atom is -0.338 e. The number of amides is 1. The number of carbonyl (C=O) groups excluding carboxylic acids is 1. The zero-order valence-electron chi connectivity index (χ0n) is 7.31. The van der Waals surface area contributed by atoms with Crippen molar-refractivity contribution >= 4 is 12.3 Å². The van der Waals surface area contributed by atoms with Crippen LogP contribution in [-0.2, 0) is 4.79 Å². The van der Waals surface area contributed by atoms with Crippen molar-refractivity contribution in [2.75, 3.05) is 5.32 Å². The number of hydrogen-bond acceptors (Lipinski definition) is 3. The van der Waals surface area contributed by atoms with E-state index in [0.29, 0.717) is 18.0 Å². The molecule has 0 aliphatic rings. The molecule has 0 bridgehead atoms. The van der Waals surface area contributed by atoms with Gasteiger partial charge in [-0.1, -0.05) is 35.5 Å². The van der Waals surface area contributed by atoms with Gasteiger partial charge in [-0.05, 0) is 0 Å². The number of benzene rings is 1. The number of anilines is 1. The third-order valence-corrected chi connectivity index (χ3v) is 1.78. The van der Waals surface area contributed by atoms with Crippen molar-refractivity contribution in [3.8, 4) is 11.3 Å². The van der Waals surface area contributed by atoms with Crippen LogP contribution >= 0.6 is 0 Å². The van der Waals surface area contributed by atoms with Crippen LogP contribution in [0.3, 0.4) is 0 Å². The van der Waals surface area contributed by atoms with Gasteiger partial charge in [-0.15, -0.1) is 0 Å². The van der Waals surface area contributed by atoms with Crippen LogP contribution in [0.15, 0.2) is 40.9 Å². The number of nitrogens with one attached hydrogen (secondary N) is 1. The van der Waals surface area contributed by atoms with Crippen LogP contribution in [0.5, 0.6) is 0 Å². The number of nitrogens with zero attached hydrogens (tertiary/aromatic N) is 1.